The number of rotatable bonds is 4. The Labute approximate surface area is 112 Å². The zero-order chi connectivity index (χ0) is 13.2. The minimum Gasteiger partial charge on any atom is -0.351 e. The van der Waals surface area contributed by atoms with Crippen LogP contribution in [0.1, 0.15) is 25.1 Å². The molecule has 0 saturated heterocycles. The van der Waals surface area contributed by atoms with Crippen LogP contribution in [0.25, 0.3) is 11.3 Å². The average Bonchev–Trinajstić information content (AvgIpc) is 3.15. The Balaban J connectivity index is 1.89. The predicted molar refractivity (Wildman–Crippen MR) is 73.7 cm³/mol. The zero-order valence-corrected chi connectivity index (χ0v) is 10.7. The summed E-state index contributed by atoms with van der Waals surface area (Å²) in [6.45, 7) is 0. The van der Waals surface area contributed by atoms with E-state index < -0.39 is 6.03 Å². The first-order chi connectivity index (χ1) is 9.24. The fourth-order valence-corrected chi connectivity index (χ4v) is 2.27. The molecule has 4 heteroatoms. The van der Waals surface area contributed by atoms with E-state index in [9.17, 15) is 4.79 Å². The van der Waals surface area contributed by atoms with Crippen LogP contribution in [-0.4, -0.2) is 15.6 Å². The van der Waals surface area contributed by atoms with E-state index in [1.165, 1.54) is 17.4 Å². The van der Waals surface area contributed by atoms with Crippen molar-refractivity contribution in [2.45, 2.75) is 25.7 Å². The number of primary amides is 1. The van der Waals surface area contributed by atoms with Gasteiger partial charge in [0, 0.05) is 18.2 Å². The van der Waals surface area contributed by atoms with Crippen LogP contribution in [0.3, 0.4) is 0 Å². The highest BCUT2D eigenvalue weighted by Gasteiger charge is 2.22. The summed E-state index contributed by atoms with van der Waals surface area (Å²) in [7, 11) is 0. The number of carbonyl (C=O) groups is 1. The van der Waals surface area contributed by atoms with Crippen LogP contribution >= 0.6 is 0 Å². The molecule has 0 aliphatic heterocycles. The Hall–Kier alpha value is -2.10. The summed E-state index contributed by atoms with van der Waals surface area (Å²) < 4.78 is 1.48. The first kappa shape index (κ1) is 12.0. The molecule has 3 rings (SSSR count). The summed E-state index contributed by atoms with van der Waals surface area (Å²) in [6.07, 6.45) is 6.27. The van der Waals surface area contributed by atoms with Crippen molar-refractivity contribution < 1.29 is 4.79 Å². The topological polar surface area (TPSA) is 60.9 Å². The van der Waals surface area contributed by atoms with Crippen molar-refractivity contribution in [3.63, 3.8) is 0 Å². The van der Waals surface area contributed by atoms with E-state index in [4.69, 9.17) is 5.73 Å². The molecule has 4 nitrogen and oxygen atoms in total. The Morgan fingerprint density at radius 2 is 2.05 bits per heavy atom. The highest BCUT2D eigenvalue weighted by molar-refractivity contribution is 5.77. The first-order valence-corrected chi connectivity index (χ1v) is 6.67. The summed E-state index contributed by atoms with van der Waals surface area (Å²) in [6, 6.07) is 9.39. The number of benzene rings is 1. The molecule has 2 N–H and O–H groups in total. The number of imidazole rings is 1. The fourth-order valence-electron chi connectivity index (χ4n) is 2.27. The van der Waals surface area contributed by atoms with Crippen LogP contribution in [0.4, 0.5) is 4.79 Å². The lowest BCUT2D eigenvalue weighted by Crippen LogP contribution is -2.21. The normalized spacial score (nSPS) is 14.5. The number of nitrogens with two attached hydrogens (primary N) is 1. The van der Waals surface area contributed by atoms with Crippen molar-refractivity contribution in [2.24, 2.45) is 11.7 Å². The van der Waals surface area contributed by atoms with Gasteiger partial charge >= 0.3 is 6.03 Å². The van der Waals surface area contributed by atoms with Crippen molar-refractivity contribution in [3.05, 3.63) is 42.4 Å². The maximum atomic E-state index is 11.5. The summed E-state index contributed by atoms with van der Waals surface area (Å²) in [4.78, 5) is 16.0. The smallest absolute Gasteiger partial charge is 0.324 e. The Morgan fingerprint density at radius 1 is 1.32 bits per heavy atom. The molecule has 0 radical (unpaired) electrons. The monoisotopic (exact) mass is 255 g/mol. The second kappa shape index (κ2) is 4.88. The van der Waals surface area contributed by atoms with Crippen LogP contribution in [0.2, 0.25) is 0 Å². The SMILES string of the molecule is NC(=O)n1cc(-c2ccccc2)nc1CCC1CC1. The molecular formula is C15H17N3O. The molecule has 1 saturated carbocycles. The summed E-state index contributed by atoms with van der Waals surface area (Å²) in [5.74, 6) is 1.59. The Kier molecular flexibility index (Phi) is 3.07. The molecule has 19 heavy (non-hydrogen) atoms. The molecule has 1 aromatic carbocycles. The van der Waals surface area contributed by atoms with E-state index >= 15 is 0 Å². The second-order valence-electron chi connectivity index (χ2n) is 5.10. The third kappa shape index (κ3) is 2.67. The van der Waals surface area contributed by atoms with E-state index in [2.05, 4.69) is 4.98 Å². The van der Waals surface area contributed by atoms with Gasteiger partial charge in [0.15, 0.2) is 0 Å². The molecule has 98 valence electrons. The van der Waals surface area contributed by atoms with Gasteiger partial charge in [-0.2, -0.15) is 0 Å². The molecule has 1 aromatic heterocycles. The first-order valence-electron chi connectivity index (χ1n) is 6.67. The van der Waals surface area contributed by atoms with Crippen LogP contribution in [-0.2, 0) is 6.42 Å². The number of hydrogen-bond acceptors (Lipinski definition) is 2. The lowest BCUT2D eigenvalue weighted by molar-refractivity contribution is 0.249. The number of hydrogen-bond donors (Lipinski definition) is 1. The molecule has 2 aromatic rings. The van der Waals surface area contributed by atoms with Gasteiger partial charge in [-0.15, -0.1) is 0 Å². The van der Waals surface area contributed by atoms with Crippen molar-refractivity contribution in [2.75, 3.05) is 0 Å². The van der Waals surface area contributed by atoms with Crippen LogP contribution < -0.4 is 5.73 Å². The molecule has 0 unspecified atom stereocenters. The molecule has 1 aliphatic carbocycles. The third-order valence-corrected chi connectivity index (χ3v) is 3.56. The van der Waals surface area contributed by atoms with Crippen LogP contribution in [0, 0.1) is 5.92 Å². The molecule has 1 heterocycles. The quantitative estimate of drug-likeness (QED) is 0.913. The molecule has 0 bridgehead atoms. The second-order valence-corrected chi connectivity index (χ2v) is 5.10. The van der Waals surface area contributed by atoms with Gasteiger partial charge in [0.05, 0.1) is 5.69 Å². The fraction of sp³-hybridized carbons (Fsp3) is 0.333. The van der Waals surface area contributed by atoms with Gasteiger partial charge in [-0.3, -0.25) is 4.57 Å². The Bertz CT molecular complexity index is 585. The van der Waals surface area contributed by atoms with Gasteiger partial charge in [-0.25, -0.2) is 9.78 Å². The Morgan fingerprint density at radius 3 is 2.68 bits per heavy atom. The van der Waals surface area contributed by atoms with Gasteiger partial charge in [-0.05, 0) is 12.3 Å². The molecule has 0 spiro atoms. The van der Waals surface area contributed by atoms with Gasteiger partial charge in [-0.1, -0.05) is 43.2 Å². The van der Waals surface area contributed by atoms with E-state index in [1.54, 1.807) is 6.20 Å². The minimum atomic E-state index is -0.458. The number of aromatic nitrogens is 2. The predicted octanol–water partition coefficient (Wildman–Crippen LogP) is 2.82. The molecule has 1 aliphatic rings. The van der Waals surface area contributed by atoms with Gasteiger partial charge in [0.25, 0.3) is 0 Å². The lowest BCUT2D eigenvalue weighted by Gasteiger charge is -2.01. The van der Waals surface area contributed by atoms with E-state index in [0.717, 1.165) is 35.8 Å². The summed E-state index contributed by atoms with van der Waals surface area (Å²) in [5, 5.41) is 0. The van der Waals surface area contributed by atoms with Crippen molar-refractivity contribution in [3.8, 4) is 11.3 Å². The minimum absolute atomic E-state index is 0.458. The average molecular weight is 255 g/mol. The van der Waals surface area contributed by atoms with Gasteiger partial charge in [0.2, 0.25) is 0 Å². The van der Waals surface area contributed by atoms with E-state index in [1.807, 2.05) is 30.3 Å². The largest absolute Gasteiger partial charge is 0.351 e. The van der Waals surface area contributed by atoms with Gasteiger partial charge < -0.3 is 5.73 Å². The van der Waals surface area contributed by atoms with Crippen molar-refractivity contribution in [1.82, 2.24) is 9.55 Å². The van der Waals surface area contributed by atoms with E-state index in [0.29, 0.717) is 0 Å². The van der Waals surface area contributed by atoms with Crippen LogP contribution in [0.5, 0.6) is 0 Å². The molecular weight excluding hydrogens is 238 g/mol. The molecule has 0 atom stereocenters. The van der Waals surface area contributed by atoms with Crippen molar-refractivity contribution >= 4 is 6.03 Å². The zero-order valence-electron chi connectivity index (χ0n) is 10.7. The number of nitrogens with zero attached hydrogens (tertiary/aromatic N) is 2. The maximum absolute atomic E-state index is 11.5. The standard InChI is InChI=1S/C15H17N3O/c16-15(19)18-10-13(12-4-2-1-3-5-12)17-14(18)9-8-11-6-7-11/h1-5,10-11H,6-9H2,(H2,16,19). The highest BCUT2D eigenvalue weighted by Crippen LogP contribution is 2.33. The van der Waals surface area contributed by atoms with E-state index in [-0.39, 0.29) is 0 Å². The lowest BCUT2D eigenvalue weighted by atomic mass is 10.2. The third-order valence-electron chi connectivity index (χ3n) is 3.56. The highest BCUT2D eigenvalue weighted by atomic mass is 16.2. The number of carbonyl (C=O) groups excluding carboxylic acids is 1. The van der Waals surface area contributed by atoms with Crippen molar-refractivity contribution in [1.29, 1.82) is 0 Å². The summed E-state index contributed by atoms with van der Waals surface area (Å²) in [5.41, 5.74) is 7.23. The van der Waals surface area contributed by atoms with Crippen LogP contribution in [0.15, 0.2) is 36.5 Å². The molecule has 1 fully saturated rings. The summed E-state index contributed by atoms with van der Waals surface area (Å²) >= 11 is 0. The maximum Gasteiger partial charge on any atom is 0.324 e. The molecule has 1 amide bonds. The number of amides is 1. The number of aryl methyl sites for hydroxylation is 1. The van der Waals surface area contributed by atoms with Gasteiger partial charge in [0.1, 0.15) is 5.82 Å².